The van der Waals surface area contributed by atoms with Crippen molar-refractivity contribution in [1.29, 1.82) is 0 Å². The molecule has 32 heavy (non-hydrogen) atoms. The number of amides is 2. The van der Waals surface area contributed by atoms with E-state index in [9.17, 15) is 22.8 Å². The molecule has 0 radical (unpaired) electrons. The van der Waals surface area contributed by atoms with Crippen molar-refractivity contribution < 1.29 is 27.5 Å². The molecule has 1 saturated heterocycles. The fourth-order valence-corrected chi connectivity index (χ4v) is 5.87. The van der Waals surface area contributed by atoms with E-state index >= 15 is 0 Å². The quantitative estimate of drug-likeness (QED) is 0.516. The minimum atomic E-state index is -4.31. The number of nitrogens with one attached hydrogen (secondary N) is 2. The first-order valence-electron chi connectivity index (χ1n) is 9.36. The maximum Gasteiger partial charge on any atom is 0.325 e. The van der Waals surface area contributed by atoms with Gasteiger partial charge in [-0.3, -0.25) is 14.4 Å². The number of ether oxygens (including phenoxy) is 1. The standard InChI is InChI=1S/C19H19Cl2N3O6S2/c1-30-19(27)11(10-22-18(26)13-7-8-15(20)31-13)23-32(28,29)14-5-2-4-12(17(14)21)24-9-3-6-16(24)25/h2,4-5,7-8,11,23H,3,6,9-10H2,1H3,(H,22,26)/t11-/m0/s1. The van der Waals surface area contributed by atoms with Crippen molar-refractivity contribution in [2.24, 2.45) is 0 Å². The second kappa shape index (κ2) is 10.2. The molecular weight excluding hydrogens is 501 g/mol. The van der Waals surface area contributed by atoms with Crippen LogP contribution in [0.1, 0.15) is 22.5 Å². The number of carbonyl (C=O) groups excluding carboxylic acids is 3. The number of carbonyl (C=O) groups is 3. The fraction of sp³-hybridized carbons (Fsp3) is 0.316. The number of esters is 1. The van der Waals surface area contributed by atoms with E-state index < -0.39 is 27.9 Å². The zero-order valence-corrected chi connectivity index (χ0v) is 19.9. The summed E-state index contributed by atoms with van der Waals surface area (Å²) in [4.78, 5) is 37.9. The lowest BCUT2D eigenvalue weighted by Gasteiger charge is -2.21. The molecule has 1 aromatic carbocycles. The lowest BCUT2D eigenvalue weighted by molar-refractivity contribution is -0.142. The Hall–Kier alpha value is -2.18. The molecule has 1 aliphatic rings. The van der Waals surface area contributed by atoms with Gasteiger partial charge in [-0.15, -0.1) is 11.3 Å². The van der Waals surface area contributed by atoms with Gasteiger partial charge in [0, 0.05) is 19.5 Å². The summed E-state index contributed by atoms with van der Waals surface area (Å²) in [5, 5.41) is 2.33. The SMILES string of the molecule is COC(=O)[C@H](CNC(=O)c1ccc(Cl)s1)NS(=O)(=O)c1cccc(N2CCCC2=O)c1Cl. The van der Waals surface area contributed by atoms with Crippen molar-refractivity contribution in [1.82, 2.24) is 10.0 Å². The summed E-state index contributed by atoms with van der Waals surface area (Å²) in [7, 11) is -3.22. The molecule has 0 unspecified atom stereocenters. The zero-order chi connectivity index (χ0) is 23.5. The molecule has 3 rings (SSSR count). The Morgan fingerprint density at radius 1 is 1.25 bits per heavy atom. The Morgan fingerprint density at radius 2 is 2.00 bits per heavy atom. The Labute approximate surface area is 198 Å². The monoisotopic (exact) mass is 519 g/mol. The van der Waals surface area contributed by atoms with Crippen molar-refractivity contribution in [2.45, 2.75) is 23.8 Å². The normalized spacial score (nSPS) is 15.0. The van der Waals surface area contributed by atoms with Gasteiger partial charge in [0.25, 0.3) is 5.91 Å². The van der Waals surface area contributed by atoms with Gasteiger partial charge in [-0.05, 0) is 30.7 Å². The van der Waals surface area contributed by atoms with Crippen LogP contribution in [0.15, 0.2) is 35.2 Å². The summed E-state index contributed by atoms with van der Waals surface area (Å²) in [5.74, 6) is -1.58. The van der Waals surface area contributed by atoms with Crippen LogP contribution in [-0.2, 0) is 24.3 Å². The number of anilines is 1. The molecule has 1 aromatic heterocycles. The lowest BCUT2D eigenvalue weighted by atomic mass is 10.3. The molecule has 0 aliphatic carbocycles. The smallest absolute Gasteiger partial charge is 0.325 e. The molecular formula is C19H19Cl2N3O6S2. The number of hydrogen-bond donors (Lipinski definition) is 2. The van der Waals surface area contributed by atoms with Gasteiger partial charge in [-0.1, -0.05) is 29.3 Å². The first-order chi connectivity index (χ1) is 15.1. The first kappa shape index (κ1) is 24.5. The van der Waals surface area contributed by atoms with Crippen LogP contribution < -0.4 is 14.9 Å². The van der Waals surface area contributed by atoms with Crippen LogP contribution in [0.25, 0.3) is 0 Å². The van der Waals surface area contributed by atoms with Crippen molar-refractivity contribution in [2.75, 3.05) is 25.1 Å². The molecule has 172 valence electrons. The number of methoxy groups -OCH3 is 1. The summed E-state index contributed by atoms with van der Waals surface area (Å²) in [6.45, 7) is 0.0568. The number of nitrogens with zero attached hydrogens (tertiary/aromatic N) is 1. The van der Waals surface area contributed by atoms with Gasteiger partial charge < -0.3 is 15.0 Å². The summed E-state index contributed by atoms with van der Waals surface area (Å²) >= 11 is 13.2. The third-order valence-electron chi connectivity index (χ3n) is 4.64. The Balaban J connectivity index is 1.80. The molecule has 2 aromatic rings. The maximum atomic E-state index is 13.0. The maximum absolute atomic E-state index is 13.0. The highest BCUT2D eigenvalue weighted by Gasteiger charge is 2.31. The van der Waals surface area contributed by atoms with Gasteiger partial charge >= 0.3 is 5.97 Å². The van der Waals surface area contributed by atoms with Crippen LogP contribution in [0.3, 0.4) is 0 Å². The minimum Gasteiger partial charge on any atom is -0.468 e. The number of sulfonamides is 1. The topological polar surface area (TPSA) is 122 Å². The molecule has 1 aliphatic heterocycles. The van der Waals surface area contributed by atoms with Crippen molar-refractivity contribution in [3.8, 4) is 0 Å². The highest BCUT2D eigenvalue weighted by molar-refractivity contribution is 7.89. The second-order valence-corrected chi connectivity index (χ2v) is 10.5. The molecule has 0 saturated carbocycles. The minimum absolute atomic E-state index is 0.142. The van der Waals surface area contributed by atoms with Gasteiger partial charge in [0.05, 0.1) is 27.0 Å². The molecule has 13 heteroatoms. The highest BCUT2D eigenvalue weighted by atomic mass is 35.5. The van der Waals surface area contributed by atoms with Gasteiger partial charge in [-0.2, -0.15) is 4.72 Å². The first-order valence-corrected chi connectivity index (χ1v) is 12.4. The number of rotatable bonds is 8. The van der Waals surface area contributed by atoms with Crippen LogP contribution in [-0.4, -0.2) is 52.4 Å². The number of hydrogen-bond acceptors (Lipinski definition) is 7. The fourth-order valence-electron chi connectivity index (χ4n) is 3.10. The second-order valence-electron chi connectivity index (χ2n) is 6.75. The average molecular weight is 520 g/mol. The van der Waals surface area contributed by atoms with E-state index in [0.29, 0.717) is 28.6 Å². The Bertz CT molecular complexity index is 1150. The van der Waals surface area contributed by atoms with E-state index in [2.05, 4.69) is 14.8 Å². The van der Waals surface area contributed by atoms with E-state index in [-0.39, 0.29) is 28.1 Å². The third-order valence-corrected chi connectivity index (χ3v) is 7.90. The molecule has 0 bridgehead atoms. The number of halogens is 2. The Kier molecular flexibility index (Phi) is 7.78. The molecule has 9 nitrogen and oxygen atoms in total. The zero-order valence-electron chi connectivity index (χ0n) is 16.8. The molecule has 0 spiro atoms. The summed E-state index contributed by atoms with van der Waals surface area (Å²) in [6.07, 6.45) is 0.995. The summed E-state index contributed by atoms with van der Waals surface area (Å²) in [5.41, 5.74) is 0.273. The van der Waals surface area contributed by atoms with Gasteiger partial charge in [0.2, 0.25) is 15.9 Å². The van der Waals surface area contributed by atoms with Crippen LogP contribution >= 0.6 is 34.5 Å². The van der Waals surface area contributed by atoms with E-state index in [1.54, 1.807) is 12.1 Å². The van der Waals surface area contributed by atoms with Crippen LogP contribution in [0.5, 0.6) is 0 Å². The lowest BCUT2D eigenvalue weighted by Crippen LogP contribution is -2.48. The van der Waals surface area contributed by atoms with Gasteiger partial charge in [0.1, 0.15) is 10.9 Å². The third kappa shape index (κ3) is 5.41. The van der Waals surface area contributed by atoms with Crippen LogP contribution in [0.4, 0.5) is 5.69 Å². The van der Waals surface area contributed by atoms with E-state index in [1.807, 2.05) is 0 Å². The molecule has 1 atom stereocenters. The highest BCUT2D eigenvalue weighted by Crippen LogP contribution is 2.34. The summed E-state index contributed by atoms with van der Waals surface area (Å²) in [6, 6.07) is 5.89. The van der Waals surface area contributed by atoms with Crippen molar-refractivity contribution in [3.05, 3.63) is 44.6 Å². The molecule has 2 heterocycles. The number of benzene rings is 1. The van der Waals surface area contributed by atoms with Crippen LogP contribution in [0, 0.1) is 0 Å². The average Bonchev–Trinajstić information content (AvgIpc) is 3.38. The largest absolute Gasteiger partial charge is 0.468 e. The Morgan fingerprint density at radius 3 is 2.59 bits per heavy atom. The van der Waals surface area contributed by atoms with Crippen molar-refractivity contribution >= 4 is 68.0 Å². The number of thiophene rings is 1. The molecule has 1 fully saturated rings. The predicted molar refractivity (Wildman–Crippen MR) is 121 cm³/mol. The molecule has 2 amide bonds. The van der Waals surface area contributed by atoms with Crippen molar-refractivity contribution in [3.63, 3.8) is 0 Å². The van der Waals surface area contributed by atoms with E-state index in [1.165, 1.54) is 23.1 Å². The van der Waals surface area contributed by atoms with Crippen LogP contribution in [0.2, 0.25) is 9.36 Å². The van der Waals surface area contributed by atoms with Gasteiger partial charge in [0.15, 0.2) is 0 Å². The predicted octanol–water partition coefficient (Wildman–Crippen LogP) is 2.43. The van der Waals surface area contributed by atoms with E-state index in [4.69, 9.17) is 23.2 Å². The summed E-state index contributed by atoms with van der Waals surface area (Å²) < 4.78 is 33.3. The van der Waals surface area contributed by atoms with E-state index in [0.717, 1.165) is 18.4 Å². The van der Waals surface area contributed by atoms with Gasteiger partial charge in [-0.25, -0.2) is 8.42 Å². The molecule has 2 N–H and O–H groups in total.